The van der Waals surface area contributed by atoms with Crippen molar-refractivity contribution in [3.63, 3.8) is 0 Å². The van der Waals surface area contributed by atoms with Gasteiger partial charge in [0.05, 0.1) is 11.7 Å². The van der Waals surface area contributed by atoms with Gasteiger partial charge < -0.3 is 9.64 Å². The average molecular weight is 330 g/mol. The van der Waals surface area contributed by atoms with Crippen molar-refractivity contribution in [1.82, 2.24) is 19.5 Å². The highest BCUT2D eigenvalue weighted by molar-refractivity contribution is 5.81. The molecule has 0 radical (unpaired) electrons. The highest BCUT2D eigenvalue weighted by Gasteiger charge is 2.35. The lowest BCUT2D eigenvalue weighted by molar-refractivity contribution is -0.145. The van der Waals surface area contributed by atoms with Crippen molar-refractivity contribution in [1.29, 1.82) is 0 Å². The van der Waals surface area contributed by atoms with Gasteiger partial charge in [0.2, 0.25) is 0 Å². The summed E-state index contributed by atoms with van der Waals surface area (Å²) in [5, 5.41) is 3.14. The van der Waals surface area contributed by atoms with Gasteiger partial charge in [-0.1, -0.05) is 0 Å². The summed E-state index contributed by atoms with van der Waals surface area (Å²) in [5.41, 5.74) is 2.04. The van der Waals surface area contributed by atoms with E-state index in [1.165, 1.54) is 10.6 Å². The van der Waals surface area contributed by atoms with Crippen LogP contribution in [-0.4, -0.2) is 44.7 Å². The number of ether oxygens (including phenoxy) is 1. The molecule has 2 aliphatic heterocycles. The van der Waals surface area contributed by atoms with Crippen LogP contribution in [-0.2, 0) is 9.53 Å². The van der Waals surface area contributed by atoms with Gasteiger partial charge >= 0.3 is 0 Å². The van der Waals surface area contributed by atoms with E-state index in [-0.39, 0.29) is 23.6 Å². The van der Waals surface area contributed by atoms with Crippen LogP contribution < -0.4 is 5.56 Å². The van der Waals surface area contributed by atoms with Gasteiger partial charge in [0.25, 0.3) is 11.5 Å². The van der Waals surface area contributed by atoms with E-state index in [9.17, 15) is 9.59 Å². The number of amides is 1. The molecule has 0 aromatic carbocycles. The number of carbonyl (C=O) groups is 1. The van der Waals surface area contributed by atoms with E-state index in [4.69, 9.17) is 4.74 Å². The molecule has 7 nitrogen and oxygen atoms in total. The van der Waals surface area contributed by atoms with Crippen molar-refractivity contribution < 1.29 is 9.53 Å². The van der Waals surface area contributed by atoms with Crippen molar-refractivity contribution in [2.45, 2.75) is 51.2 Å². The second-order valence-corrected chi connectivity index (χ2v) is 6.69. The zero-order chi connectivity index (χ0) is 16.7. The maximum absolute atomic E-state index is 12.8. The van der Waals surface area contributed by atoms with Gasteiger partial charge in [-0.25, -0.2) is 9.50 Å². The minimum atomic E-state index is -0.307. The Hall–Kier alpha value is -2.15. The molecule has 0 aliphatic carbocycles. The third-order valence-corrected chi connectivity index (χ3v) is 4.95. The quantitative estimate of drug-likeness (QED) is 0.906. The molecule has 2 aromatic heterocycles. The lowest BCUT2D eigenvalue weighted by atomic mass is 9.98. The number of aryl methyl sites for hydroxylation is 1. The van der Waals surface area contributed by atoms with Crippen molar-refractivity contribution in [2.24, 2.45) is 0 Å². The van der Waals surface area contributed by atoms with E-state index in [1.807, 2.05) is 17.9 Å². The molecule has 0 saturated carbocycles. The number of carbonyl (C=O) groups excluding carboxylic acids is 1. The molecule has 24 heavy (non-hydrogen) atoms. The molecule has 4 heterocycles. The summed E-state index contributed by atoms with van der Waals surface area (Å²) in [6.45, 7) is 3.21. The summed E-state index contributed by atoms with van der Waals surface area (Å²) < 4.78 is 7.03. The normalized spacial score (nSPS) is 24.6. The number of hydrogen-bond acceptors (Lipinski definition) is 4. The third kappa shape index (κ3) is 2.62. The van der Waals surface area contributed by atoms with Crippen LogP contribution in [0.5, 0.6) is 0 Å². The van der Waals surface area contributed by atoms with Crippen LogP contribution in [0.25, 0.3) is 5.65 Å². The Morgan fingerprint density at radius 2 is 2.17 bits per heavy atom. The first-order valence-corrected chi connectivity index (χ1v) is 8.65. The Morgan fingerprint density at radius 1 is 1.29 bits per heavy atom. The minimum Gasteiger partial charge on any atom is -0.368 e. The number of nitrogens with one attached hydrogen (secondary N) is 1. The standard InChI is InChI=1S/C17H22N4O3/c1-11-9-16(22)21-15(18-11)10-12(19-21)13-5-2-3-7-20(13)17(23)14-6-4-8-24-14/h9-10,13-14,19H,2-8H2,1H3. The molecule has 0 spiro atoms. The molecule has 2 aromatic rings. The fraction of sp³-hybridized carbons (Fsp3) is 0.588. The third-order valence-electron chi connectivity index (χ3n) is 4.95. The fourth-order valence-electron chi connectivity index (χ4n) is 3.78. The molecule has 4 rings (SSSR count). The number of rotatable bonds is 2. The molecule has 1 amide bonds. The Bertz CT molecular complexity index is 819. The SMILES string of the molecule is Cc1cc(=O)n2[nH]c(C3CCCCN3C(=O)C3CCCO3)cc2n1. The molecular formula is C17H22N4O3. The van der Waals surface area contributed by atoms with E-state index in [2.05, 4.69) is 10.1 Å². The molecule has 2 aliphatic rings. The van der Waals surface area contributed by atoms with Crippen LogP contribution in [0.1, 0.15) is 49.5 Å². The van der Waals surface area contributed by atoms with Crippen LogP contribution in [0.2, 0.25) is 0 Å². The van der Waals surface area contributed by atoms with Crippen molar-refractivity contribution in [3.05, 3.63) is 33.9 Å². The van der Waals surface area contributed by atoms with Gasteiger partial charge in [-0.2, -0.15) is 0 Å². The van der Waals surface area contributed by atoms with Gasteiger partial charge in [0, 0.05) is 31.0 Å². The van der Waals surface area contributed by atoms with Gasteiger partial charge in [-0.05, 0) is 39.0 Å². The largest absolute Gasteiger partial charge is 0.368 e. The number of hydrogen-bond donors (Lipinski definition) is 1. The van der Waals surface area contributed by atoms with E-state index >= 15 is 0 Å². The highest BCUT2D eigenvalue weighted by Crippen LogP contribution is 2.32. The molecule has 1 N–H and O–H groups in total. The predicted octanol–water partition coefficient (Wildman–Crippen LogP) is 1.56. The number of aromatic amines is 1. The molecule has 2 unspecified atom stereocenters. The van der Waals surface area contributed by atoms with Gasteiger partial charge in [0.15, 0.2) is 5.65 Å². The summed E-state index contributed by atoms with van der Waals surface area (Å²) in [6, 6.07) is 3.35. The van der Waals surface area contributed by atoms with E-state index in [0.29, 0.717) is 17.9 Å². The van der Waals surface area contributed by atoms with E-state index in [1.54, 1.807) is 0 Å². The number of nitrogens with zero attached hydrogens (tertiary/aromatic N) is 3. The Kier molecular flexibility index (Phi) is 3.88. The number of likely N-dealkylation sites (tertiary alicyclic amines) is 1. The Morgan fingerprint density at radius 3 is 2.96 bits per heavy atom. The lowest BCUT2D eigenvalue weighted by Crippen LogP contribution is -2.44. The van der Waals surface area contributed by atoms with Crippen LogP contribution in [0.15, 0.2) is 16.9 Å². The fourth-order valence-corrected chi connectivity index (χ4v) is 3.78. The molecule has 2 atom stereocenters. The van der Waals surface area contributed by atoms with Crippen molar-refractivity contribution >= 4 is 11.6 Å². The molecule has 0 bridgehead atoms. The highest BCUT2D eigenvalue weighted by atomic mass is 16.5. The smallest absolute Gasteiger partial charge is 0.272 e. The molecule has 2 fully saturated rings. The maximum Gasteiger partial charge on any atom is 0.272 e. The lowest BCUT2D eigenvalue weighted by Gasteiger charge is -2.36. The van der Waals surface area contributed by atoms with Crippen LogP contribution in [0, 0.1) is 6.92 Å². The van der Waals surface area contributed by atoms with Crippen molar-refractivity contribution in [2.75, 3.05) is 13.2 Å². The average Bonchev–Trinajstić information content (AvgIpc) is 3.23. The van der Waals surface area contributed by atoms with Crippen LogP contribution >= 0.6 is 0 Å². The van der Waals surface area contributed by atoms with E-state index < -0.39 is 0 Å². The first kappa shape index (κ1) is 15.4. The zero-order valence-corrected chi connectivity index (χ0v) is 13.8. The summed E-state index contributed by atoms with van der Waals surface area (Å²) in [7, 11) is 0. The molecule has 128 valence electrons. The predicted molar refractivity (Wildman–Crippen MR) is 87.8 cm³/mol. The summed E-state index contributed by atoms with van der Waals surface area (Å²) in [4.78, 5) is 31.3. The summed E-state index contributed by atoms with van der Waals surface area (Å²) in [5.74, 6) is 0.0762. The Balaban J connectivity index is 1.68. The Labute approximate surface area is 139 Å². The van der Waals surface area contributed by atoms with E-state index in [0.717, 1.165) is 44.3 Å². The molecule has 2 saturated heterocycles. The first-order valence-electron chi connectivity index (χ1n) is 8.65. The van der Waals surface area contributed by atoms with Crippen LogP contribution in [0.3, 0.4) is 0 Å². The van der Waals surface area contributed by atoms with Gasteiger partial charge in [0.1, 0.15) is 6.10 Å². The number of fused-ring (bicyclic) bond motifs is 1. The monoisotopic (exact) mass is 330 g/mol. The minimum absolute atomic E-state index is 0.0446. The first-order chi connectivity index (χ1) is 11.6. The zero-order valence-electron chi connectivity index (χ0n) is 13.8. The van der Waals surface area contributed by atoms with Gasteiger partial charge in [-0.3, -0.25) is 14.7 Å². The number of piperidine rings is 1. The topological polar surface area (TPSA) is 79.7 Å². The second kappa shape index (κ2) is 6.05. The van der Waals surface area contributed by atoms with Crippen molar-refractivity contribution in [3.8, 4) is 0 Å². The second-order valence-electron chi connectivity index (χ2n) is 6.69. The maximum atomic E-state index is 12.8. The summed E-state index contributed by atoms with van der Waals surface area (Å²) in [6.07, 6.45) is 4.40. The molecular weight excluding hydrogens is 308 g/mol. The van der Waals surface area contributed by atoms with Crippen LogP contribution in [0.4, 0.5) is 0 Å². The number of H-pyrrole nitrogens is 1. The molecule has 7 heteroatoms. The summed E-state index contributed by atoms with van der Waals surface area (Å²) >= 11 is 0. The van der Waals surface area contributed by atoms with Gasteiger partial charge in [-0.15, -0.1) is 0 Å². The number of aromatic nitrogens is 3.